The van der Waals surface area contributed by atoms with Gasteiger partial charge < -0.3 is 5.11 Å². The van der Waals surface area contributed by atoms with Crippen LogP contribution in [-0.4, -0.2) is 28.6 Å². The van der Waals surface area contributed by atoms with Gasteiger partial charge in [-0.05, 0) is 12.0 Å². The summed E-state index contributed by atoms with van der Waals surface area (Å²) in [6.07, 6.45) is -0.554. The zero-order valence-electron chi connectivity index (χ0n) is 9.04. The molecule has 1 aliphatic rings. The summed E-state index contributed by atoms with van der Waals surface area (Å²) in [5.41, 5.74) is 0.547. The van der Waals surface area contributed by atoms with Crippen molar-refractivity contribution in [3.63, 3.8) is 0 Å². The van der Waals surface area contributed by atoms with Crippen molar-refractivity contribution in [1.82, 2.24) is 0 Å². The van der Waals surface area contributed by atoms with E-state index < -0.39 is 31.2 Å². The fraction of sp³-hybridized carbons (Fsp3) is 0.455. The Hall–Kier alpha value is -0.230. The molecule has 6 heteroatoms. The summed E-state index contributed by atoms with van der Waals surface area (Å²) in [5.74, 6) is 0.776. The van der Waals surface area contributed by atoms with Crippen molar-refractivity contribution in [2.45, 2.75) is 16.1 Å². The number of aliphatic hydroxyl groups is 1. The van der Waals surface area contributed by atoms with Gasteiger partial charge in [-0.25, -0.2) is 0 Å². The zero-order chi connectivity index (χ0) is 12.5. The van der Waals surface area contributed by atoms with E-state index in [4.69, 9.17) is 11.6 Å². The number of hydrogen-bond donors (Lipinski definition) is 1. The number of alkyl halides is 1. The van der Waals surface area contributed by atoms with Gasteiger partial charge in [-0.1, -0.05) is 41.9 Å². The number of benzene rings is 1. The zero-order valence-corrected chi connectivity index (χ0v) is 11.4. The molecule has 1 saturated heterocycles. The van der Waals surface area contributed by atoms with E-state index in [1.165, 1.54) is 0 Å². The highest BCUT2D eigenvalue weighted by atomic mass is 35.5. The van der Waals surface area contributed by atoms with Gasteiger partial charge in [-0.3, -0.25) is 8.42 Å². The van der Waals surface area contributed by atoms with Crippen LogP contribution in [0.4, 0.5) is 0 Å². The minimum atomic E-state index is -1.57. The van der Waals surface area contributed by atoms with Crippen LogP contribution in [0.1, 0.15) is 18.1 Å². The van der Waals surface area contributed by atoms with Crippen molar-refractivity contribution >= 4 is 33.2 Å². The lowest BCUT2D eigenvalue weighted by Crippen LogP contribution is -2.45. The van der Waals surface area contributed by atoms with Crippen molar-refractivity contribution in [3.05, 3.63) is 35.9 Å². The van der Waals surface area contributed by atoms with E-state index in [2.05, 4.69) is 0 Å². The third-order valence-electron chi connectivity index (χ3n) is 2.72. The van der Waals surface area contributed by atoms with Gasteiger partial charge in [-0.2, -0.15) is 0 Å². The average molecular weight is 293 g/mol. The Labute approximate surface area is 110 Å². The Kier molecular flexibility index (Phi) is 4.02. The lowest BCUT2D eigenvalue weighted by molar-refractivity contribution is 0.183. The van der Waals surface area contributed by atoms with Gasteiger partial charge in [0.15, 0.2) is 0 Å². The monoisotopic (exact) mass is 292 g/mol. The molecule has 0 spiro atoms. The quantitative estimate of drug-likeness (QED) is 0.841. The number of halogens is 1. The highest BCUT2D eigenvalue weighted by molar-refractivity contribution is 8.07. The highest BCUT2D eigenvalue weighted by Gasteiger charge is 2.50. The van der Waals surface area contributed by atoms with Crippen molar-refractivity contribution in [1.29, 1.82) is 0 Å². The molecule has 1 heterocycles. The molecular weight excluding hydrogens is 280 g/mol. The van der Waals surface area contributed by atoms with Crippen LogP contribution < -0.4 is 0 Å². The first-order chi connectivity index (χ1) is 8.06. The molecule has 1 aliphatic heterocycles. The highest BCUT2D eigenvalue weighted by Crippen LogP contribution is 2.41. The molecule has 0 saturated carbocycles. The van der Waals surface area contributed by atoms with Gasteiger partial charge in [0.05, 0.1) is 21.6 Å². The van der Waals surface area contributed by atoms with Crippen molar-refractivity contribution < 1.29 is 13.5 Å². The second kappa shape index (κ2) is 5.18. The molecule has 1 aromatic rings. The van der Waals surface area contributed by atoms with Gasteiger partial charge in [0.25, 0.3) is 0 Å². The van der Waals surface area contributed by atoms with Crippen molar-refractivity contribution in [3.8, 4) is 0 Å². The van der Waals surface area contributed by atoms with Crippen LogP contribution in [0.2, 0.25) is 0 Å². The predicted octanol–water partition coefficient (Wildman–Crippen LogP) is 1.51. The minimum absolute atomic E-state index is 0.388. The number of aliphatic hydroxyl groups excluding tert-OH is 1. The van der Waals surface area contributed by atoms with Crippen molar-refractivity contribution in [2.24, 2.45) is 0 Å². The van der Waals surface area contributed by atoms with E-state index in [0.29, 0.717) is 23.5 Å². The second-order valence-corrected chi connectivity index (χ2v) is 8.64. The first-order valence-corrected chi connectivity index (χ1v) is 8.27. The van der Waals surface area contributed by atoms with Crippen LogP contribution in [0.25, 0.3) is 0 Å². The van der Waals surface area contributed by atoms with Gasteiger partial charge in [0, 0.05) is 11.5 Å². The Morgan fingerprint density at radius 1 is 1.18 bits per heavy atom. The van der Waals surface area contributed by atoms with Gasteiger partial charge in [0.2, 0.25) is 3.54 Å². The Morgan fingerprint density at radius 2 is 1.71 bits per heavy atom. The molecule has 2 unspecified atom stereocenters. The van der Waals surface area contributed by atoms with E-state index in [1.54, 1.807) is 24.3 Å². The minimum Gasteiger partial charge on any atom is -0.385 e. The maximum Gasteiger partial charge on any atom is 0.222 e. The fourth-order valence-electron chi connectivity index (χ4n) is 1.79. The van der Waals surface area contributed by atoms with E-state index in [0.717, 1.165) is 0 Å². The smallest absolute Gasteiger partial charge is 0.222 e. The molecule has 0 bridgehead atoms. The SMILES string of the molecule is O=S1CCCS(=O)C1(Cl)[C@@H](O)c1ccccc1. The lowest BCUT2D eigenvalue weighted by atomic mass is 10.1. The molecule has 17 heavy (non-hydrogen) atoms. The van der Waals surface area contributed by atoms with Crippen LogP contribution >= 0.6 is 11.6 Å². The van der Waals surface area contributed by atoms with E-state index in [1.807, 2.05) is 6.07 Å². The first-order valence-electron chi connectivity index (χ1n) is 5.25. The Bertz CT molecular complexity index is 433. The summed E-state index contributed by atoms with van der Waals surface area (Å²) >= 11 is 6.21. The summed E-state index contributed by atoms with van der Waals surface area (Å²) in [7, 11) is -2.98. The van der Waals surface area contributed by atoms with Crippen LogP contribution in [0.3, 0.4) is 0 Å². The molecule has 1 aromatic carbocycles. The van der Waals surface area contributed by atoms with Gasteiger partial charge >= 0.3 is 0 Å². The normalized spacial score (nSPS) is 35.4. The van der Waals surface area contributed by atoms with E-state index in [9.17, 15) is 13.5 Å². The second-order valence-electron chi connectivity index (χ2n) is 3.85. The molecule has 3 nitrogen and oxygen atoms in total. The van der Waals surface area contributed by atoms with Crippen LogP contribution in [0, 0.1) is 0 Å². The topological polar surface area (TPSA) is 54.4 Å². The number of hydrogen-bond acceptors (Lipinski definition) is 3. The Morgan fingerprint density at radius 3 is 2.24 bits per heavy atom. The fourth-order valence-corrected chi connectivity index (χ4v) is 6.03. The largest absolute Gasteiger partial charge is 0.385 e. The van der Waals surface area contributed by atoms with Crippen LogP contribution in [-0.2, 0) is 21.6 Å². The molecule has 0 amide bonds. The molecular formula is C11H13ClO3S2. The average Bonchev–Trinajstić information content (AvgIpc) is 2.36. The lowest BCUT2D eigenvalue weighted by Gasteiger charge is -2.33. The summed E-state index contributed by atoms with van der Waals surface area (Å²) in [6.45, 7) is 0. The van der Waals surface area contributed by atoms with E-state index >= 15 is 0 Å². The molecule has 1 fully saturated rings. The maximum absolute atomic E-state index is 12.0. The predicted molar refractivity (Wildman–Crippen MR) is 70.6 cm³/mol. The molecule has 2 rings (SSSR count). The van der Waals surface area contributed by atoms with E-state index in [-0.39, 0.29) is 0 Å². The van der Waals surface area contributed by atoms with Crippen molar-refractivity contribution in [2.75, 3.05) is 11.5 Å². The third kappa shape index (κ3) is 2.34. The molecule has 0 radical (unpaired) electrons. The molecule has 94 valence electrons. The Balaban J connectivity index is 2.37. The number of rotatable bonds is 2. The molecule has 1 N–H and O–H groups in total. The van der Waals surface area contributed by atoms with Gasteiger partial charge in [-0.15, -0.1) is 0 Å². The summed E-state index contributed by atoms with van der Waals surface area (Å²) in [6, 6.07) is 8.71. The molecule has 3 atom stereocenters. The molecule has 0 aromatic heterocycles. The van der Waals surface area contributed by atoms with Gasteiger partial charge in [0.1, 0.15) is 6.10 Å². The first kappa shape index (κ1) is 13.2. The van der Waals surface area contributed by atoms with Crippen LogP contribution in [0.15, 0.2) is 30.3 Å². The summed E-state index contributed by atoms with van der Waals surface area (Å²) in [4.78, 5) is 0. The maximum atomic E-state index is 12.0. The van der Waals surface area contributed by atoms with Crippen LogP contribution in [0.5, 0.6) is 0 Å². The standard InChI is InChI=1S/C11H13ClO3S2/c12-11(16(14)7-4-8-17(11)15)10(13)9-5-2-1-3-6-9/h1-3,5-6,10,13H,4,7-8H2/t10-,11?,16?,17?/m0/s1. The summed E-state index contributed by atoms with van der Waals surface area (Å²) in [5, 5.41) is 10.2. The third-order valence-corrected chi connectivity index (χ3v) is 8.08. The molecule has 0 aliphatic carbocycles. The summed E-state index contributed by atoms with van der Waals surface area (Å²) < 4.78 is 22.4.